The summed E-state index contributed by atoms with van der Waals surface area (Å²) >= 11 is 0. The Morgan fingerprint density at radius 1 is 0.460 bits per heavy atom. The van der Waals surface area contributed by atoms with Crippen LogP contribution in [0.25, 0.3) is 39.1 Å². The molecule has 0 radical (unpaired) electrons. The summed E-state index contributed by atoms with van der Waals surface area (Å²) in [6.45, 7) is 2.36. The number of fused-ring (bicyclic) bond motifs is 5. The van der Waals surface area contributed by atoms with Gasteiger partial charge in [0.15, 0.2) is 0 Å². The number of nitrogens with one attached hydrogen (secondary N) is 2. The van der Waals surface area contributed by atoms with Gasteiger partial charge in [-0.05, 0) is 104 Å². The quantitative estimate of drug-likeness (QED) is 0.180. The van der Waals surface area contributed by atoms with Crippen molar-refractivity contribution < 1.29 is 0 Å². The molecule has 2 N–H and O–H groups in total. The van der Waals surface area contributed by atoms with Crippen molar-refractivity contribution in [3.63, 3.8) is 0 Å². The Kier molecular flexibility index (Phi) is 7.21. The average Bonchev–Trinajstić information content (AvgIpc) is 3.69. The zero-order chi connectivity index (χ0) is 33.8. The summed E-state index contributed by atoms with van der Waals surface area (Å²) in [5, 5.41) is 9.46. The molecule has 0 amide bonds. The largest absolute Gasteiger partial charge is 0.388 e. The van der Waals surface area contributed by atoms with Crippen molar-refractivity contribution in [2.45, 2.75) is 24.2 Å². The average molecular weight is 645 g/mol. The maximum atomic E-state index is 3.47. The molecule has 0 bridgehead atoms. The standard InChI is InChI=1S/C48H40N2/c1-31-27-43-39(34-22-21-32-13-10-11-14-33(32)28-34)19-12-20-42(43)46(31)48(35-15-6-4-7-16-35,36-17-8-5-9-18-36)47-44-29-37(49-2)23-25-40(44)41-26-24-38(50-3)30-45(41)47/h4-30,46-47,49-50H,1-3H3. The summed E-state index contributed by atoms with van der Waals surface area (Å²) in [7, 11) is 4.04. The summed E-state index contributed by atoms with van der Waals surface area (Å²) < 4.78 is 0. The van der Waals surface area contributed by atoms with Gasteiger partial charge in [-0.3, -0.25) is 0 Å². The van der Waals surface area contributed by atoms with E-state index in [9.17, 15) is 0 Å². The smallest absolute Gasteiger partial charge is 0.0418 e. The van der Waals surface area contributed by atoms with Gasteiger partial charge >= 0.3 is 0 Å². The predicted octanol–water partition coefficient (Wildman–Crippen LogP) is 11.9. The Labute approximate surface area is 295 Å². The second-order valence-electron chi connectivity index (χ2n) is 13.8. The molecule has 1 unspecified atom stereocenters. The Morgan fingerprint density at radius 2 is 1.04 bits per heavy atom. The van der Waals surface area contributed by atoms with E-state index in [-0.39, 0.29) is 11.8 Å². The third-order valence-corrected chi connectivity index (χ3v) is 11.3. The van der Waals surface area contributed by atoms with Gasteiger partial charge in [-0.15, -0.1) is 0 Å². The van der Waals surface area contributed by atoms with Gasteiger partial charge in [0.05, 0.1) is 0 Å². The van der Waals surface area contributed by atoms with E-state index in [1.165, 1.54) is 72.0 Å². The van der Waals surface area contributed by atoms with Crippen molar-refractivity contribution in [2.75, 3.05) is 24.7 Å². The zero-order valence-electron chi connectivity index (χ0n) is 28.7. The Bertz CT molecular complexity index is 2330. The minimum absolute atomic E-state index is 0.0301. The zero-order valence-corrected chi connectivity index (χ0v) is 28.7. The van der Waals surface area contributed by atoms with Gasteiger partial charge in [-0.25, -0.2) is 0 Å². The van der Waals surface area contributed by atoms with Crippen LogP contribution in [0.1, 0.15) is 52.1 Å². The van der Waals surface area contributed by atoms with E-state index in [4.69, 9.17) is 0 Å². The van der Waals surface area contributed by atoms with Gasteiger partial charge in [0, 0.05) is 42.7 Å². The highest BCUT2D eigenvalue weighted by Crippen LogP contribution is 2.65. The molecule has 9 rings (SSSR count). The van der Waals surface area contributed by atoms with Crippen molar-refractivity contribution in [2.24, 2.45) is 0 Å². The molecule has 2 aliphatic rings. The van der Waals surface area contributed by atoms with Crippen molar-refractivity contribution >= 4 is 28.2 Å². The molecule has 0 aliphatic heterocycles. The Morgan fingerprint density at radius 3 is 1.64 bits per heavy atom. The fourth-order valence-corrected chi connectivity index (χ4v) is 9.26. The van der Waals surface area contributed by atoms with E-state index in [2.05, 4.69) is 181 Å². The van der Waals surface area contributed by atoms with Crippen LogP contribution >= 0.6 is 0 Å². The SMILES string of the molecule is CNc1ccc2c(c1)C(C(c1ccccc1)(c1ccccc1)C1C(C)=Cc3c(-c4ccc5ccccc5c4)cccc31)c1cc(NC)ccc1-2. The minimum Gasteiger partial charge on any atom is -0.388 e. The van der Waals surface area contributed by atoms with Gasteiger partial charge in [0.25, 0.3) is 0 Å². The van der Waals surface area contributed by atoms with Crippen LogP contribution in [0, 0.1) is 0 Å². The lowest BCUT2D eigenvalue weighted by Crippen LogP contribution is -2.41. The molecule has 2 nitrogen and oxygen atoms in total. The molecule has 242 valence electrons. The Balaban J connectivity index is 1.38. The van der Waals surface area contributed by atoms with E-state index in [1.54, 1.807) is 0 Å². The van der Waals surface area contributed by atoms with E-state index in [0.29, 0.717) is 0 Å². The number of rotatable bonds is 7. The molecule has 0 saturated carbocycles. The topological polar surface area (TPSA) is 24.1 Å². The molecule has 2 heteroatoms. The van der Waals surface area contributed by atoms with Crippen molar-refractivity contribution in [3.8, 4) is 22.3 Å². The predicted molar refractivity (Wildman–Crippen MR) is 212 cm³/mol. The first-order valence-corrected chi connectivity index (χ1v) is 17.7. The number of anilines is 2. The lowest BCUT2D eigenvalue weighted by atomic mass is 9.54. The van der Waals surface area contributed by atoms with Crippen LogP contribution in [0.5, 0.6) is 0 Å². The fraction of sp³-hybridized carbons (Fsp3) is 0.125. The molecular formula is C48H40N2. The van der Waals surface area contributed by atoms with Gasteiger partial charge in [-0.1, -0.05) is 139 Å². The third-order valence-electron chi connectivity index (χ3n) is 11.3. The van der Waals surface area contributed by atoms with Gasteiger partial charge < -0.3 is 10.6 Å². The maximum absolute atomic E-state index is 3.47. The normalized spacial score (nSPS) is 14.9. The molecule has 0 saturated heterocycles. The summed E-state index contributed by atoms with van der Waals surface area (Å²) in [5.41, 5.74) is 16.4. The highest BCUT2D eigenvalue weighted by molar-refractivity contribution is 5.91. The highest BCUT2D eigenvalue weighted by atomic mass is 14.8. The van der Waals surface area contributed by atoms with Crippen molar-refractivity contribution in [1.82, 2.24) is 0 Å². The second kappa shape index (κ2) is 11.9. The van der Waals surface area contributed by atoms with Crippen molar-refractivity contribution in [3.05, 3.63) is 197 Å². The molecule has 0 heterocycles. The Hall–Kier alpha value is -5.86. The highest BCUT2D eigenvalue weighted by Gasteiger charge is 2.55. The molecule has 0 spiro atoms. The third kappa shape index (κ3) is 4.48. The van der Waals surface area contributed by atoms with E-state index in [1.807, 2.05) is 14.1 Å². The lowest BCUT2D eigenvalue weighted by molar-refractivity contribution is 0.405. The van der Waals surface area contributed by atoms with Crippen LogP contribution in [0.3, 0.4) is 0 Å². The summed E-state index contributed by atoms with van der Waals surface area (Å²) in [6, 6.07) is 59.1. The van der Waals surface area contributed by atoms with Crippen LogP contribution in [-0.2, 0) is 5.41 Å². The second-order valence-corrected chi connectivity index (χ2v) is 13.8. The molecule has 50 heavy (non-hydrogen) atoms. The molecule has 7 aromatic rings. The van der Waals surface area contributed by atoms with Gasteiger partial charge in [0.1, 0.15) is 0 Å². The molecule has 0 aromatic heterocycles. The summed E-state index contributed by atoms with van der Waals surface area (Å²) in [4.78, 5) is 0. The lowest BCUT2D eigenvalue weighted by Gasteiger charge is -2.47. The van der Waals surface area contributed by atoms with Crippen LogP contribution in [0.4, 0.5) is 11.4 Å². The monoisotopic (exact) mass is 644 g/mol. The van der Waals surface area contributed by atoms with Crippen LogP contribution in [0.15, 0.2) is 163 Å². The molecular weight excluding hydrogens is 605 g/mol. The van der Waals surface area contributed by atoms with E-state index >= 15 is 0 Å². The van der Waals surface area contributed by atoms with Crippen LogP contribution in [-0.4, -0.2) is 14.1 Å². The van der Waals surface area contributed by atoms with E-state index in [0.717, 1.165) is 11.4 Å². The van der Waals surface area contributed by atoms with Gasteiger partial charge in [0.2, 0.25) is 0 Å². The first kappa shape index (κ1) is 30.2. The van der Waals surface area contributed by atoms with Gasteiger partial charge in [-0.2, -0.15) is 0 Å². The number of allylic oxidation sites excluding steroid dienone is 1. The van der Waals surface area contributed by atoms with E-state index < -0.39 is 5.41 Å². The maximum Gasteiger partial charge on any atom is 0.0418 e. The summed E-state index contributed by atoms with van der Waals surface area (Å²) in [5.74, 6) is 0.102. The van der Waals surface area contributed by atoms with Crippen LogP contribution in [0.2, 0.25) is 0 Å². The molecule has 1 atom stereocenters. The van der Waals surface area contributed by atoms with Crippen LogP contribution < -0.4 is 10.6 Å². The number of benzene rings is 7. The first-order valence-electron chi connectivity index (χ1n) is 17.7. The molecule has 2 aliphatic carbocycles. The number of hydrogen-bond acceptors (Lipinski definition) is 2. The summed E-state index contributed by atoms with van der Waals surface area (Å²) in [6.07, 6.45) is 2.48. The first-order chi connectivity index (χ1) is 24.6. The number of hydrogen-bond donors (Lipinski definition) is 2. The minimum atomic E-state index is -0.477. The van der Waals surface area contributed by atoms with Crippen molar-refractivity contribution in [1.29, 1.82) is 0 Å². The molecule has 0 fully saturated rings. The fourth-order valence-electron chi connectivity index (χ4n) is 9.26. The molecule has 7 aromatic carbocycles.